The van der Waals surface area contributed by atoms with Crippen molar-refractivity contribution >= 4 is 34.2 Å². The molecular formula is C12H16BrClN2O2. The number of carbonyl (C=O) groups is 1. The summed E-state index contributed by atoms with van der Waals surface area (Å²) in [6.45, 7) is 0. The smallest absolute Gasteiger partial charge is 0.254 e. The van der Waals surface area contributed by atoms with Gasteiger partial charge in [0.25, 0.3) is 5.91 Å². The van der Waals surface area contributed by atoms with E-state index in [1.807, 2.05) is 0 Å². The molecule has 0 radical (unpaired) electrons. The SMILES string of the molecule is Cl.O=C(NC1CC2CCC(C1)N2)c1coc(Br)c1. The third-order valence-electron chi connectivity index (χ3n) is 3.64. The van der Waals surface area contributed by atoms with Crippen molar-refractivity contribution in [1.29, 1.82) is 0 Å². The lowest BCUT2D eigenvalue weighted by Gasteiger charge is -2.29. The van der Waals surface area contributed by atoms with E-state index in [2.05, 4.69) is 26.6 Å². The topological polar surface area (TPSA) is 54.3 Å². The summed E-state index contributed by atoms with van der Waals surface area (Å²) in [4.78, 5) is 11.9. The summed E-state index contributed by atoms with van der Waals surface area (Å²) in [7, 11) is 0. The van der Waals surface area contributed by atoms with Crippen LogP contribution in [0.2, 0.25) is 0 Å². The first-order chi connectivity index (χ1) is 8.20. The van der Waals surface area contributed by atoms with Crippen molar-refractivity contribution in [2.75, 3.05) is 0 Å². The molecule has 1 amide bonds. The van der Waals surface area contributed by atoms with E-state index in [4.69, 9.17) is 4.42 Å². The molecule has 6 heteroatoms. The van der Waals surface area contributed by atoms with Gasteiger partial charge in [-0.15, -0.1) is 12.4 Å². The maximum Gasteiger partial charge on any atom is 0.254 e. The van der Waals surface area contributed by atoms with Gasteiger partial charge < -0.3 is 15.1 Å². The number of piperidine rings is 1. The summed E-state index contributed by atoms with van der Waals surface area (Å²) in [5.74, 6) is -0.0363. The molecule has 3 heterocycles. The molecule has 0 aliphatic carbocycles. The normalized spacial score (nSPS) is 29.7. The van der Waals surface area contributed by atoms with Crippen molar-refractivity contribution in [2.24, 2.45) is 0 Å². The summed E-state index contributed by atoms with van der Waals surface area (Å²) in [6.07, 6.45) is 6.06. The first kappa shape index (κ1) is 13.9. The van der Waals surface area contributed by atoms with E-state index in [-0.39, 0.29) is 18.3 Å². The van der Waals surface area contributed by atoms with Crippen LogP contribution >= 0.6 is 28.3 Å². The number of halogens is 2. The number of furan rings is 1. The van der Waals surface area contributed by atoms with E-state index in [0.29, 0.717) is 28.4 Å². The van der Waals surface area contributed by atoms with E-state index in [1.165, 1.54) is 19.1 Å². The highest BCUT2D eigenvalue weighted by atomic mass is 79.9. The molecule has 2 fully saturated rings. The monoisotopic (exact) mass is 334 g/mol. The van der Waals surface area contributed by atoms with Gasteiger partial charge in [-0.3, -0.25) is 4.79 Å². The fourth-order valence-electron chi connectivity index (χ4n) is 2.87. The van der Waals surface area contributed by atoms with Crippen molar-refractivity contribution in [1.82, 2.24) is 10.6 Å². The average molecular weight is 336 g/mol. The fraction of sp³-hybridized carbons (Fsp3) is 0.583. The maximum atomic E-state index is 11.9. The molecule has 18 heavy (non-hydrogen) atoms. The van der Waals surface area contributed by atoms with Crippen LogP contribution in [0.3, 0.4) is 0 Å². The quantitative estimate of drug-likeness (QED) is 0.873. The van der Waals surface area contributed by atoms with Crippen molar-refractivity contribution in [3.8, 4) is 0 Å². The number of carbonyl (C=O) groups excluding carboxylic acids is 1. The Labute approximate surface area is 120 Å². The Morgan fingerprint density at radius 3 is 2.61 bits per heavy atom. The lowest BCUT2D eigenvalue weighted by atomic mass is 9.99. The van der Waals surface area contributed by atoms with Gasteiger partial charge in [-0.05, 0) is 41.6 Å². The lowest BCUT2D eigenvalue weighted by molar-refractivity contribution is 0.0923. The molecule has 3 rings (SSSR count). The van der Waals surface area contributed by atoms with Gasteiger partial charge in [-0.1, -0.05) is 0 Å². The van der Waals surface area contributed by atoms with E-state index in [1.54, 1.807) is 6.07 Å². The molecule has 100 valence electrons. The lowest BCUT2D eigenvalue weighted by Crippen LogP contribution is -2.47. The standard InChI is InChI=1S/C12H15BrN2O2.ClH/c13-11-3-7(6-17-11)12(16)15-10-4-8-1-2-9(5-10)14-8;/h3,6,8-10,14H,1-2,4-5H2,(H,15,16);1H. The number of rotatable bonds is 2. The molecular weight excluding hydrogens is 320 g/mol. The van der Waals surface area contributed by atoms with Crippen LogP contribution in [0.15, 0.2) is 21.4 Å². The molecule has 0 aromatic carbocycles. The predicted molar refractivity (Wildman–Crippen MR) is 74.1 cm³/mol. The maximum absolute atomic E-state index is 11.9. The second-order valence-electron chi connectivity index (χ2n) is 4.92. The second kappa shape index (κ2) is 5.63. The Balaban J connectivity index is 0.00000120. The average Bonchev–Trinajstić information content (AvgIpc) is 2.85. The van der Waals surface area contributed by atoms with Crippen LogP contribution in [-0.2, 0) is 0 Å². The van der Waals surface area contributed by atoms with Gasteiger partial charge >= 0.3 is 0 Å². The van der Waals surface area contributed by atoms with Crippen molar-refractivity contribution < 1.29 is 9.21 Å². The van der Waals surface area contributed by atoms with Crippen LogP contribution in [0.4, 0.5) is 0 Å². The fourth-order valence-corrected chi connectivity index (χ4v) is 3.21. The predicted octanol–water partition coefficient (Wildman–Crippen LogP) is 2.48. The summed E-state index contributed by atoms with van der Waals surface area (Å²) < 4.78 is 5.66. The first-order valence-corrected chi connectivity index (χ1v) is 6.81. The Bertz CT molecular complexity index is 425. The van der Waals surface area contributed by atoms with E-state index in [0.717, 1.165) is 12.8 Å². The molecule has 0 spiro atoms. The van der Waals surface area contributed by atoms with Crippen LogP contribution in [0.1, 0.15) is 36.0 Å². The molecule has 2 saturated heterocycles. The summed E-state index contributed by atoms with van der Waals surface area (Å²) in [6, 6.07) is 3.19. The van der Waals surface area contributed by atoms with Crippen LogP contribution in [0, 0.1) is 0 Å². The third kappa shape index (κ3) is 2.90. The number of nitrogens with one attached hydrogen (secondary N) is 2. The molecule has 2 unspecified atom stereocenters. The van der Waals surface area contributed by atoms with Crippen molar-refractivity contribution in [2.45, 2.75) is 43.8 Å². The largest absolute Gasteiger partial charge is 0.457 e. The van der Waals surface area contributed by atoms with Gasteiger partial charge in [0.2, 0.25) is 0 Å². The molecule has 0 saturated carbocycles. The van der Waals surface area contributed by atoms with Crippen LogP contribution in [0.5, 0.6) is 0 Å². The van der Waals surface area contributed by atoms with Gasteiger partial charge in [0, 0.05) is 24.2 Å². The second-order valence-corrected chi connectivity index (χ2v) is 5.70. The highest BCUT2D eigenvalue weighted by molar-refractivity contribution is 9.10. The zero-order valence-electron chi connectivity index (χ0n) is 9.82. The third-order valence-corrected chi connectivity index (χ3v) is 4.05. The molecule has 1 aromatic rings. The highest BCUT2D eigenvalue weighted by Gasteiger charge is 2.34. The molecule has 2 bridgehead atoms. The van der Waals surface area contributed by atoms with Crippen molar-refractivity contribution in [3.05, 3.63) is 22.6 Å². The number of hydrogen-bond acceptors (Lipinski definition) is 3. The molecule has 4 nitrogen and oxygen atoms in total. The minimum Gasteiger partial charge on any atom is -0.457 e. The number of hydrogen-bond donors (Lipinski definition) is 2. The van der Waals surface area contributed by atoms with Crippen molar-refractivity contribution in [3.63, 3.8) is 0 Å². The number of fused-ring (bicyclic) bond motifs is 2. The first-order valence-electron chi connectivity index (χ1n) is 6.01. The minimum absolute atomic E-state index is 0. The molecule has 1 aromatic heterocycles. The van der Waals surface area contributed by atoms with Gasteiger partial charge in [0.1, 0.15) is 6.26 Å². The molecule has 2 aliphatic heterocycles. The molecule has 2 aliphatic rings. The van der Waals surface area contributed by atoms with Gasteiger partial charge in [-0.2, -0.15) is 0 Å². The highest BCUT2D eigenvalue weighted by Crippen LogP contribution is 2.27. The summed E-state index contributed by atoms with van der Waals surface area (Å²) >= 11 is 3.20. The summed E-state index contributed by atoms with van der Waals surface area (Å²) in [5, 5.41) is 6.65. The van der Waals surface area contributed by atoms with E-state index in [9.17, 15) is 4.79 Å². The van der Waals surface area contributed by atoms with Gasteiger partial charge in [0.15, 0.2) is 4.67 Å². The zero-order chi connectivity index (χ0) is 11.8. The number of amides is 1. The van der Waals surface area contributed by atoms with Crippen LogP contribution in [-0.4, -0.2) is 24.0 Å². The van der Waals surface area contributed by atoms with Gasteiger partial charge in [0.05, 0.1) is 5.56 Å². The molecule has 2 atom stereocenters. The summed E-state index contributed by atoms with van der Waals surface area (Å²) in [5.41, 5.74) is 0.586. The zero-order valence-corrected chi connectivity index (χ0v) is 12.2. The minimum atomic E-state index is -0.0363. The van der Waals surface area contributed by atoms with E-state index >= 15 is 0 Å². The molecule has 2 N–H and O–H groups in total. The van der Waals surface area contributed by atoms with Crippen LogP contribution in [0.25, 0.3) is 0 Å². The Morgan fingerprint density at radius 1 is 1.39 bits per heavy atom. The Kier molecular flexibility index (Phi) is 4.35. The van der Waals surface area contributed by atoms with E-state index < -0.39 is 0 Å². The van der Waals surface area contributed by atoms with Crippen LogP contribution < -0.4 is 10.6 Å². The van der Waals surface area contributed by atoms with Gasteiger partial charge in [-0.25, -0.2) is 0 Å². The Hall–Kier alpha value is -0.520. The Morgan fingerprint density at radius 2 is 2.06 bits per heavy atom.